The van der Waals surface area contributed by atoms with Gasteiger partial charge in [0.1, 0.15) is 0 Å². The lowest BCUT2D eigenvalue weighted by Crippen LogP contribution is -2.29. The third-order valence-electron chi connectivity index (χ3n) is 19.9. The van der Waals surface area contributed by atoms with Crippen LogP contribution in [0.15, 0.2) is 251 Å². The molecule has 0 atom stereocenters. The molecule has 13 rings (SSSR count). The zero-order chi connectivity index (χ0) is 60.9. The summed E-state index contributed by atoms with van der Waals surface area (Å²) in [5.74, 6) is 0. The molecule has 1 heteroatoms. The van der Waals surface area contributed by atoms with Crippen LogP contribution in [0.4, 0.5) is 17.1 Å². The number of fused-ring (bicyclic) bond motifs is 9. The zero-order valence-electron chi connectivity index (χ0n) is 52.3. The fraction of sp³-hybridized carbons (Fsp3) is 0.205. The minimum absolute atomic E-state index is 0.666. The normalized spacial score (nSPS) is 13.1. The van der Waals surface area contributed by atoms with Gasteiger partial charge in [0.25, 0.3) is 0 Å². The number of hydrogen-bond donors (Lipinski definition) is 0. The SMILES string of the molecule is C=Cc1ccc(C2(c3ccc(C=C)cc3)c3ccccc3-c3c(N(c4ccc5c(c4)c(CCCCCCCC)c(CCCCCCCC)c4ccccc45)c4cccc5c4-c4ccccc4C5(c4ccc(C=C)cc4)c4ccc(C=C)cc4)cccc32)cc1. The molecular weight excluding hydrogens is 1070 g/mol. The fourth-order valence-corrected chi connectivity index (χ4v) is 15.7. The third kappa shape index (κ3) is 10.2. The maximum absolute atomic E-state index is 4.18. The van der Waals surface area contributed by atoms with E-state index >= 15 is 0 Å². The van der Waals surface area contributed by atoms with E-state index in [2.05, 4.69) is 270 Å². The monoisotopic (exact) mass is 1150 g/mol. The van der Waals surface area contributed by atoms with Crippen molar-refractivity contribution in [3.05, 3.63) is 329 Å². The molecule has 11 aromatic carbocycles. The standard InChI is InChI=1S/C88H83N/c1-7-13-15-17-19-21-31-72-71-33-23-24-34-73(71)75-60-59-70(61-78(75)74(72)32-22-20-18-16-14-8-2)89(83-41-29-39-81-85(83)76-35-25-27-37-79(76)87(81,66-51-43-62(9-3)44-52-66)67-53-45-63(10-4)46-54-67)84-42-30-40-82-86(84)77-36-26-28-38-80(77)88(82,68-55-47-64(11-5)48-56-68)69-57-49-65(12-6)50-58-69/h9-12,23-30,33-61H,3-8,13-22,31-32H2,1-2H3. The van der Waals surface area contributed by atoms with E-state index in [4.69, 9.17) is 0 Å². The van der Waals surface area contributed by atoms with E-state index in [1.165, 1.54) is 171 Å². The number of hydrogen-bond acceptors (Lipinski definition) is 1. The summed E-state index contributed by atoms with van der Waals surface area (Å²) in [5.41, 5.74) is 24.3. The molecule has 0 saturated heterocycles. The number of unbranched alkanes of at least 4 members (excludes halogenated alkanes) is 10. The molecule has 0 amide bonds. The molecule has 0 aromatic heterocycles. The van der Waals surface area contributed by atoms with Crippen molar-refractivity contribution < 1.29 is 0 Å². The van der Waals surface area contributed by atoms with Gasteiger partial charge in [0.15, 0.2) is 0 Å². The Morgan fingerprint density at radius 3 is 1.08 bits per heavy atom. The Bertz CT molecular complexity index is 4090. The van der Waals surface area contributed by atoms with E-state index in [1.54, 1.807) is 5.56 Å². The summed E-state index contributed by atoms with van der Waals surface area (Å²) in [6.07, 6.45) is 25.1. The Balaban J connectivity index is 1.13. The molecule has 1 nitrogen and oxygen atoms in total. The number of anilines is 3. The van der Waals surface area contributed by atoms with Gasteiger partial charge in [-0.3, -0.25) is 0 Å². The van der Waals surface area contributed by atoms with Crippen LogP contribution >= 0.6 is 0 Å². The van der Waals surface area contributed by atoms with Crippen molar-refractivity contribution in [1.29, 1.82) is 0 Å². The van der Waals surface area contributed by atoms with Crippen LogP contribution in [0.25, 0.3) is 68.1 Å². The third-order valence-corrected chi connectivity index (χ3v) is 19.9. The molecule has 11 aromatic rings. The molecule has 0 heterocycles. The predicted octanol–water partition coefficient (Wildman–Crippen LogP) is 24.6. The highest BCUT2D eigenvalue weighted by Gasteiger charge is 2.50. The van der Waals surface area contributed by atoms with Crippen LogP contribution in [0, 0.1) is 0 Å². The quantitative estimate of drug-likeness (QED) is 0.0407. The van der Waals surface area contributed by atoms with Gasteiger partial charge in [-0.25, -0.2) is 0 Å². The molecule has 440 valence electrons. The van der Waals surface area contributed by atoms with Crippen molar-refractivity contribution in [2.75, 3.05) is 4.90 Å². The van der Waals surface area contributed by atoms with Gasteiger partial charge in [-0.2, -0.15) is 0 Å². The maximum Gasteiger partial charge on any atom is 0.0714 e. The zero-order valence-corrected chi connectivity index (χ0v) is 52.3. The molecule has 0 aliphatic heterocycles. The lowest BCUT2D eigenvalue weighted by Gasteiger charge is -2.35. The van der Waals surface area contributed by atoms with Gasteiger partial charge in [-0.05, 0) is 161 Å². The lowest BCUT2D eigenvalue weighted by atomic mass is 9.67. The summed E-state index contributed by atoms with van der Waals surface area (Å²) in [7, 11) is 0. The topological polar surface area (TPSA) is 3.24 Å². The van der Waals surface area contributed by atoms with E-state index in [0.29, 0.717) is 0 Å². The molecule has 2 aliphatic carbocycles. The highest BCUT2D eigenvalue weighted by atomic mass is 15.1. The van der Waals surface area contributed by atoms with Gasteiger partial charge >= 0.3 is 0 Å². The molecule has 0 fully saturated rings. The van der Waals surface area contributed by atoms with Crippen molar-refractivity contribution in [3.63, 3.8) is 0 Å². The van der Waals surface area contributed by atoms with Gasteiger partial charge in [-0.15, -0.1) is 0 Å². The van der Waals surface area contributed by atoms with E-state index < -0.39 is 10.8 Å². The molecule has 2 aliphatic rings. The summed E-state index contributed by atoms with van der Waals surface area (Å²) >= 11 is 0. The van der Waals surface area contributed by atoms with Crippen molar-refractivity contribution >= 4 is 62.9 Å². The average Bonchev–Trinajstić information content (AvgIpc) is 1.61. The Kier molecular flexibility index (Phi) is 17.0. The van der Waals surface area contributed by atoms with Gasteiger partial charge in [-0.1, -0.05) is 329 Å². The Morgan fingerprint density at radius 2 is 0.663 bits per heavy atom. The van der Waals surface area contributed by atoms with E-state index in [9.17, 15) is 0 Å². The predicted molar refractivity (Wildman–Crippen MR) is 385 cm³/mol. The summed E-state index contributed by atoms with van der Waals surface area (Å²) in [4.78, 5) is 2.68. The van der Waals surface area contributed by atoms with Crippen LogP contribution in [-0.2, 0) is 23.7 Å². The Morgan fingerprint density at radius 1 is 0.315 bits per heavy atom. The summed E-state index contributed by atoms with van der Waals surface area (Å²) in [6.45, 7) is 21.4. The van der Waals surface area contributed by atoms with Crippen LogP contribution in [0.1, 0.15) is 169 Å². The summed E-state index contributed by atoms with van der Waals surface area (Å²) in [5, 5.41) is 5.48. The van der Waals surface area contributed by atoms with E-state index in [1.807, 2.05) is 24.3 Å². The van der Waals surface area contributed by atoms with Crippen molar-refractivity contribution in [3.8, 4) is 22.3 Å². The summed E-state index contributed by atoms with van der Waals surface area (Å²) in [6, 6.07) is 86.2. The van der Waals surface area contributed by atoms with Gasteiger partial charge < -0.3 is 4.90 Å². The van der Waals surface area contributed by atoms with Gasteiger partial charge in [0.2, 0.25) is 0 Å². The molecular formula is C88H83N. The van der Waals surface area contributed by atoms with Crippen LogP contribution in [0.3, 0.4) is 0 Å². The molecule has 0 spiro atoms. The van der Waals surface area contributed by atoms with Crippen LogP contribution < -0.4 is 4.90 Å². The molecule has 0 N–H and O–H groups in total. The largest absolute Gasteiger partial charge is 0.309 e. The molecule has 0 saturated carbocycles. The first-order chi connectivity index (χ1) is 43.9. The minimum atomic E-state index is -0.666. The smallest absolute Gasteiger partial charge is 0.0714 e. The Hall–Kier alpha value is -9.30. The molecule has 0 radical (unpaired) electrons. The number of nitrogens with zero attached hydrogens (tertiary/aromatic N) is 1. The number of benzene rings is 11. The van der Waals surface area contributed by atoms with Crippen LogP contribution in [0.2, 0.25) is 0 Å². The first kappa shape index (κ1) is 58.7. The van der Waals surface area contributed by atoms with Crippen molar-refractivity contribution in [2.45, 2.75) is 115 Å². The first-order valence-corrected chi connectivity index (χ1v) is 33.1. The van der Waals surface area contributed by atoms with E-state index in [0.717, 1.165) is 52.2 Å². The molecule has 0 bridgehead atoms. The van der Waals surface area contributed by atoms with Crippen LogP contribution in [-0.4, -0.2) is 0 Å². The van der Waals surface area contributed by atoms with E-state index in [-0.39, 0.29) is 0 Å². The highest BCUT2D eigenvalue weighted by molar-refractivity contribution is 6.13. The summed E-state index contributed by atoms with van der Waals surface area (Å²) < 4.78 is 0. The number of rotatable bonds is 25. The second kappa shape index (κ2) is 25.8. The van der Waals surface area contributed by atoms with Crippen LogP contribution in [0.5, 0.6) is 0 Å². The second-order valence-corrected chi connectivity index (χ2v) is 24.9. The Labute approximate surface area is 530 Å². The number of aryl methyl sites for hydroxylation is 2. The maximum atomic E-state index is 4.18. The average molecular weight is 1150 g/mol. The molecule has 89 heavy (non-hydrogen) atoms. The van der Waals surface area contributed by atoms with Crippen molar-refractivity contribution in [1.82, 2.24) is 0 Å². The minimum Gasteiger partial charge on any atom is -0.309 e. The first-order valence-electron chi connectivity index (χ1n) is 33.1. The van der Waals surface area contributed by atoms with Crippen molar-refractivity contribution in [2.24, 2.45) is 0 Å². The van der Waals surface area contributed by atoms with Gasteiger partial charge in [0, 0.05) is 16.8 Å². The lowest BCUT2D eigenvalue weighted by molar-refractivity contribution is 0.600. The van der Waals surface area contributed by atoms with Gasteiger partial charge in [0.05, 0.1) is 22.2 Å². The fourth-order valence-electron chi connectivity index (χ4n) is 15.7. The highest BCUT2D eigenvalue weighted by Crippen LogP contribution is 2.63. The molecule has 0 unspecified atom stereocenters. The second-order valence-electron chi connectivity index (χ2n) is 24.9.